The molecule has 0 fully saturated rings. The maximum atomic E-state index is 11.8. The van der Waals surface area contributed by atoms with Crippen LogP contribution in [0.25, 0.3) is 0 Å². The molecule has 1 unspecified atom stereocenters. The standard InChI is InChI=1S/C11H16N2O/c1-8-4-10(7-13-5-8)11(14)9(2)6-12-3/h4-5,7,9,12H,6H2,1-3H3. The second kappa shape index (κ2) is 4.86. The molecule has 1 aromatic heterocycles. The number of hydrogen-bond acceptors (Lipinski definition) is 3. The Balaban J connectivity index is 2.78. The van der Waals surface area contributed by atoms with Gasteiger partial charge in [0.15, 0.2) is 5.78 Å². The number of nitrogens with one attached hydrogen (secondary N) is 1. The highest BCUT2D eigenvalue weighted by molar-refractivity contribution is 5.97. The third-order valence-corrected chi connectivity index (χ3v) is 2.12. The van der Waals surface area contributed by atoms with Crippen molar-refractivity contribution in [2.75, 3.05) is 13.6 Å². The van der Waals surface area contributed by atoms with Crippen LogP contribution in [0.4, 0.5) is 0 Å². The quantitative estimate of drug-likeness (QED) is 0.734. The minimum atomic E-state index is 0.00333. The molecule has 0 aliphatic carbocycles. The van der Waals surface area contributed by atoms with Crippen molar-refractivity contribution in [1.82, 2.24) is 10.3 Å². The van der Waals surface area contributed by atoms with Crippen LogP contribution in [-0.4, -0.2) is 24.4 Å². The number of carbonyl (C=O) groups excluding carboxylic acids is 1. The largest absolute Gasteiger partial charge is 0.319 e. The van der Waals surface area contributed by atoms with Gasteiger partial charge in [0, 0.05) is 30.4 Å². The first-order valence-corrected chi connectivity index (χ1v) is 4.75. The van der Waals surface area contributed by atoms with E-state index in [1.54, 1.807) is 12.4 Å². The van der Waals surface area contributed by atoms with Crippen LogP contribution < -0.4 is 5.32 Å². The number of aromatic nitrogens is 1. The van der Waals surface area contributed by atoms with Gasteiger partial charge in [-0.3, -0.25) is 9.78 Å². The first-order chi connectivity index (χ1) is 6.65. The lowest BCUT2D eigenvalue weighted by Gasteiger charge is -2.09. The second-order valence-corrected chi connectivity index (χ2v) is 3.57. The van der Waals surface area contributed by atoms with E-state index in [0.717, 1.165) is 5.56 Å². The molecular formula is C11H16N2O. The van der Waals surface area contributed by atoms with Crippen molar-refractivity contribution in [3.8, 4) is 0 Å². The second-order valence-electron chi connectivity index (χ2n) is 3.57. The summed E-state index contributed by atoms with van der Waals surface area (Å²) in [6.07, 6.45) is 3.38. The van der Waals surface area contributed by atoms with E-state index in [4.69, 9.17) is 0 Å². The van der Waals surface area contributed by atoms with Gasteiger partial charge in [-0.1, -0.05) is 6.92 Å². The lowest BCUT2D eigenvalue weighted by atomic mass is 10.00. The summed E-state index contributed by atoms with van der Waals surface area (Å²) in [4.78, 5) is 15.8. The normalized spacial score (nSPS) is 12.5. The molecule has 1 aromatic rings. The van der Waals surface area contributed by atoms with E-state index in [1.807, 2.05) is 27.0 Å². The molecule has 76 valence electrons. The van der Waals surface area contributed by atoms with Gasteiger partial charge < -0.3 is 5.32 Å². The Morgan fingerprint density at radius 3 is 2.86 bits per heavy atom. The average Bonchev–Trinajstić information content (AvgIpc) is 2.17. The van der Waals surface area contributed by atoms with Crippen molar-refractivity contribution in [3.05, 3.63) is 29.6 Å². The number of rotatable bonds is 4. The molecule has 1 N–H and O–H groups in total. The van der Waals surface area contributed by atoms with Crippen molar-refractivity contribution in [2.45, 2.75) is 13.8 Å². The molecule has 0 saturated heterocycles. The highest BCUT2D eigenvalue weighted by Gasteiger charge is 2.14. The SMILES string of the molecule is CNCC(C)C(=O)c1cncc(C)c1. The van der Waals surface area contributed by atoms with Gasteiger partial charge in [0.2, 0.25) is 0 Å². The highest BCUT2D eigenvalue weighted by Crippen LogP contribution is 2.08. The Kier molecular flexibility index (Phi) is 3.77. The first kappa shape index (κ1) is 10.9. The molecule has 1 rings (SSSR count). The van der Waals surface area contributed by atoms with Crippen molar-refractivity contribution in [3.63, 3.8) is 0 Å². The minimum absolute atomic E-state index is 0.00333. The van der Waals surface area contributed by atoms with E-state index in [-0.39, 0.29) is 11.7 Å². The molecule has 3 nitrogen and oxygen atoms in total. The molecule has 0 aromatic carbocycles. The summed E-state index contributed by atoms with van der Waals surface area (Å²) in [5, 5.41) is 2.99. The predicted molar refractivity (Wildman–Crippen MR) is 56.4 cm³/mol. The Bertz CT molecular complexity index is 323. The fourth-order valence-electron chi connectivity index (χ4n) is 1.37. The van der Waals surface area contributed by atoms with Crippen LogP contribution in [0.2, 0.25) is 0 Å². The van der Waals surface area contributed by atoms with Crippen LogP contribution in [0.5, 0.6) is 0 Å². The van der Waals surface area contributed by atoms with Gasteiger partial charge in [0.25, 0.3) is 0 Å². The van der Waals surface area contributed by atoms with Crippen LogP contribution in [-0.2, 0) is 0 Å². The smallest absolute Gasteiger partial charge is 0.168 e. The maximum Gasteiger partial charge on any atom is 0.168 e. The monoisotopic (exact) mass is 192 g/mol. The molecule has 0 saturated carbocycles. The fourth-order valence-corrected chi connectivity index (χ4v) is 1.37. The molecular weight excluding hydrogens is 176 g/mol. The topological polar surface area (TPSA) is 42.0 Å². The van der Waals surface area contributed by atoms with Crippen molar-refractivity contribution in [2.24, 2.45) is 5.92 Å². The minimum Gasteiger partial charge on any atom is -0.319 e. The van der Waals surface area contributed by atoms with Crippen LogP contribution >= 0.6 is 0 Å². The molecule has 0 aliphatic heterocycles. The summed E-state index contributed by atoms with van der Waals surface area (Å²) >= 11 is 0. The number of carbonyl (C=O) groups is 1. The zero-order chi connectivity index (χ0) is 10.6. The first-order valence-electron chi connectivity index (χ1n) is 4.75. The van der Waals surface area contributed by atoms with Crippen molar-refractivity contribution in [1.29, 1.82) is 0 Å². The average molecular weight is 192 g/mol. The van der Waals surface area contributed by atoms with Gasteiger partial charge in [0.05, 0.1) is 0 Å². The zero-order valence-corrected chi connectivity index (χ0v) is 8.87. The van der Waals surface area contributed by atoms with Crippen LogP contribution in [0.3, 0.4) is 0 Å². The van der Waals surface area contributed by atoms with E-state index in [2.05, 4.69) is 10.3 Å². The molecule has 0 radical (unpaired) electrons. The maximum absolute atomic E-state index is 11.8. The van der Waals surface area contributed by atoms with Crippen molar-refractivity contribution >= 4 is 5.78 Å². The number of pyridine rings is 1. The third kappa shape index (κ3) is 2.64. The molecule has 0 amide bonds. The summed E-state index contributed by atoms with van der Waals surface area (Å²) in [6.45, 7) is 4.56. The van der Waals surface area contributed by atoms with E-state index >= 15 is 0 Å². The van der Waals surface area contributed by atoms with Gasteiger partial charge in [-0.25, -0.2) is 0 Å². The van der Waals surface area contributed by atoms with Crippen molar-refractivity contribution < 1.29 is 4.79 Å². The van der Waals surface area contributed by atoms with Gasteiger partial charge in [-0.2, -0.15) is 0 Å². The van der Waals surface area contributed by atoms with Gasteiger partial charge in [-0.05, 0) is 25.6 Å². The number of aryl methyl sites for hydroxylation is 1. The number of ketones is 1. The Hall–Kier alpha value is -1.22. The lowest BCUT2D eigenvalue weighted by Crippen LogP contribution is -2.23. The summed E-state index contributed by atoms with van der Waals surface area (Å²) in [7, 11) is 1.85. The Morgan fingerprint density at radius 2 is 2.29 bits per heavy atom. The Labute approximate surface area is 84.6 Å². The molecule has 0 aliphatic rings. The summed E-state index contributed by atoms with van der Waals surface area (Å²) in [5.74, 6) is 0.152. The van der Waals surface area contributed by atoms with Gasteiger partial charge in [-0.15, -0.1) is 0 Å². The lowest BCUT2D eigenvalue weighted by molar-refractivity contribution is 0.0929. The zero-order valence-electron chi connectivity index (χ0n) is 8.87. The highest BCUT2D eigenvalue weighted by atomic mass is 16.1. The number of nitrogens with zero attached hydrogens (tertiary/aromatic N) is 1. The van der Waals surface area contributed by atoms with Gasteiger partial charge in [0.1, 0.15) is 0 Å². The predicted octanol–water partition coefficient (Wildman–Crippen LogP) is 1.43. The fraction of sp³-hybridized carbons (Fsp3) is 0.455. The number of hydrogen-bond donors (Lipinski definition) is 1. The molecule has 0 spiro atoms. The van der Waals surface area contributed by atoms with Crippen LogP contribution in [0.1, 0.15) is 22.8 Å². The summed E-state index contributed by atoms with van der Waals surface area (Å²) in [6, 6.07) is 1.88. The third-order valence-electron chi connectivity index (χ3n) is 2.12. The van der Waals surface area contributed by atoms with Crippen LogP contribution in [0, 0.1) is 12.8 Å². The summed E-state index contributed by atoms with van der Waals surface area (Å²) < 4.78 is 0. The Morgan fingerprint density at radius 1 is 1.57 bits per heavy atom. The molecule has 0 bridgehead atoms. The van der Waals surface area contributed by atoms with E-state index < -0.39 is 0 Å². The van der Waals surface area contributed by atoms with Crippen LogP contribution in [0.15, 0.2) is 18.5 Å². The molecule has 1 atom stereocenters. The molecule has 3 heteroatoms. The van der Waals surface area contributed by atoms with E-state index in [0.29, 0.717) is 12.1 Å². The van der Waals surface area contributed by atoms with Gasteiger partial charge >= 0.3 is 0 Å². The number of Topliss-reactive ketones (excluding diaryl/α,β-unsaturated/α-hetero) is 1. The summed E-state index contributed by atoms with van der Waals surface area (Å²) in [5.41, 5.74) is 1.72. The molecule has 1 heterocycles. The molecule has 14 heavy (non-hydrogen) atoms. The van der Waals surface area contributed by atoms with E-state index in [1.165, 1.54) is 0 Å². The van der Waals surface area contributed by atoms with E-state index in [9.17, 15) is 4.79 Å².